The van der Waals surface area contributed by atoms with Crippen LogP contribution >= 0.6 is 0 Å². The topological polar surface area (TPSA) is 75.5 Å². The lowest BCUT2D eigenvalue weighted by molar-refractivity contribution is 0.192. The first-order chi connectivity index (χ1) is 8.83. The predicted molar refractivity (Wildman–Crippen MR) is 64.6 cm³/mol. The minimum absolute atomic E-state index is 0.0764. The Hall–Kier alpha value is -1.92. The SMILES string of the molecule is C=CCN(CCO)Cc1nnc(-c2ccco2)o1. The van der Waals surface area contributed by atoms with Crippen LogP contribution in [0.5, 0.6) is 0 Å². The lowest BCUT2D eigenvalue weighted by Crippen LogP contribution is -2.26. The molecule has 0 radical (unpaired) electrons. The Morgan fingerprint density at radius 3 is 3.00 bits per heavy atom. The van der Waals surface area contributed by atoms with Crippen molar-refractivity contribution >= 4 is 0 Å². The first kappa shape index (κ1) is 12.5. The molecule has 0 spiro atoms. The largest absolute Gasteiger partial charge is 0.459 e. The van der Waals surface area contributed by atoms with Crippen LogP contribution in [-0.2, 0) is 6.54 Å². The van der Waals surface area contributed by atoms with Crippen molar-refractivity contribution in [2.75, 3.05) is 19.7 Å². The van der Waals surface area contributed by atoms with E-state index in [1.54, 1.807) is 24.5 Å². The molecule has 2 aromatic heterocycles. The molecule has 2 aromatic rings. The van der Waals surface area contributed by atoms with Crippen molar-refractivity contribution in [2.45, 2.75) is 6.54 Å². The average molecular weight is 249 g/mol. The zero-order valence-electron chi connectivity index (χ0n) is 9.95. The van der Waals surface area contributed by atoms with Gasteiger partial charge in [-0.2, -0.15) is 0 Å². The summed E-state index contributed by atoms with van der Waals surface area (Å²) in [5.41, 5.74) is 0. The monoisotopic (exact) mass is 249 g/mol. The van der Waals surface area contributed by atoms with Gasteiger partial charge in [-0.25, -0.2) is 0 Å². The molecular formula is C12H15N3O3. The summed E-state index contributed by atoms with van der Waals surface area (Å²) in [5, 5.41) is 16.8. The van der Waals surface area contributed by atoms with Crippen molar-refractivity contribution in [3.8, 4) is 11.7 Å². The van der Waals surface area contributed by atoms with E-state index in [-0.39, 0.29) is 6.61 Å². The van der Waals surface area contributed by atoms with E-state index in [0.29, 0.717) is 37.2 Å². The number of aliphatic hydroxyl groups excluding tert-OH is 1. The third-order valence-electron chi connectivity index (χ3n) is 2.36. The van der Waals surface area contributed by atoms with Gasteiger partial charge in [-0.05, 0) is 12.1 Å². The van der Waals surface area contributed by atoms with Gasteiger partial charge in [0.2, 0.25) is 5.89 Å². The maximum atomic E-state index is 8.94. The number of aromatic nitrogens is 2. The van der Waals surface area contributed by atoms with E-state index in [4.69, 9.17) is 13.9 Å². The standard InChI is InChI=1S/C12H15N3O3/c1-2-5-15(6-7-16)9-11-13-14-12(18-11)10-4-3-8-17-10/h2-4,8,16H,1,5-7,9H2. The van der Waals surface area contributed by atoms with Crippen molar-refractivity contribution < 1.29 is 13.9 Å². The molecule has 0 unspecified atom stereocenters. The van der Waals surface area contributed by atoms with E-state index in [2.05, 4.69) is 16.8 Å². The minimum Gasteiger partial charge on any atom is -0.459 e. The quantitative estimate of drug-likeness (QED) is 0.746. The fourth-order valence-electron chi connectivity index (χ4n) is 1.57. The van der Waals surface area contributed by atoms with Crippen LogP contribution in [0.3, 0.4) is 0 Å². The van der Waals surface area contributed by atoms with Gasteiger partial charge in [0.1, 0.15) is 0 Å². The molecule has 0 saturated heterocycles. The maximum Gasteiger partial charge on any atom is 0.283 e. The number of aliphatic hydroxyl groups is 1. The van der Waals surface area contributed by atoms with E-state index in [9.17, 15) is 0 Å². The Labute approximate surface area is 105 Å². The molecule has 2 rings (SSSR count). The third kappa shape index (κ3) is 3.06. The Morgan fingerprint density at radius 2 is 2.33 bits per heavy atom. The molecule has 0 aliphatic rings. The number of hydrogen-bond donors (Lipinski definition) is 1. The van der Waals surface area contributed by atoms with Crippen LogP contribution in [0.25, 0.3) is 11.7 Å². The number of nitrogens with zero attached hydrogens (tertiary/aromatic N) is 3. The van der Waals surface area contributed by atoms with Crippen molar-refractivity contribution in [1.82, 2.24) is 15.1 Å². The normalized spacial score (nSPS) is 11.0. The van der Waals surface area contributed by atoms with Gasteiger partial charge < -0.3 is 13.9 Å². The van der Waals surface area contributed by atoms with Crippen molar-refractivity contribution in [3.05, 3.63) is 36.9 Å². The fourth-order valence-corrected chi connectivity index (χ4v) is 1.57. The summed E-state index contributed by atoms with van der Waals surface area (Å²) in [6.07, 6.45) is 3.31. The van der Waals surface area contributed by atoms with Gasteiger partial charge in [0.25, 0.3) is 5.89 Å². The van der Waals surface area contributed by atoms with Crippen LogP contribution in [0.4, 0.5) is 0 Å². The summed E-state index contributed by atoms with van der Waals surface area (Å²) in [6.45, 7) is 5.40. The van der Waals surface area contributed by atoms with Crippen molar-refractivity contribution in [1.29, 1.82) is 0 Å². The average Bonchev–Trinajstić information content (AvgIpc) is 2.98. The van der Waals surface area contributed by atoms with Gasteiger partial charge in [0.15, 0.2) is 5.76 Å². The zero-order valence-corrected chi connectivity index (χ0v) is 9.95. The Bertz CT molecular complexity index is 478. The molecule has 0 aliphatic carbocycles. The molecule has 96 valence electrons. The molecule has 6 nitrogen and oxygen atoms in total. The molecule has 1 N–H and O–H groups in total. The highest BCUT2D eigenvalue weighted by molar-refractivity contribution is 5.42. The van der Waals surface area contributed by atoms with Gasteiger partial charge in [-0.15, -0.1) is 16.8 Å². The fraction of sp³-hybridized carbons (Fsp3) is 0.333. The van der Waals surface area contributed by atoms with Crippen LogP contribution in [0.2, 0.25) is 0 Å². The summed E-state index contributed by atoms with van der Waals surface area (Å²) >= 11 is 0. The molecule has 0 bridgehead atoms. The van der Waals surface area contributed by atoms with E-state index >= 15 is 0 Å². The number of furan rings is 1. The molecule has 6 heteroatoms. The first-order valence-corrected chi connectivity index (χ1v) is 5.64. The first-order valence-electron chi connectivity index (χ1n) is 5.64. The second kappa shape index (κ2) is 6.13. The summed E-state index contributed by atoms with van der Waals surface area (Å²) in [6, 6.07) is 3.52. The zero-order chi connectivity index (χ0) is 12.8. The van der Waals surface area contributed by atoms with E-state index in [0.717, 1.165) is 0 Å². The van der Waals surface area contributed by atoms with Gasteiger partial charge >= 0.3 is 0 Å². The molecular weight excluding hydrogens is 234 g/mol. The Kier molecular flexibility index (Phi) is 4.27. The number of hydrogen-bond acceptors (Lipinski definition) is 6. The molecule has 0 fully saturated rings. The van der Waals surface area contributed by atoms with Crippen LogP contribution in [0.15, 0.2) is 39.9 Å². The summed E-state index contributed by atoms with van der Waals surface area (Å²) in [5.74, 6) is 1.39. The van der Waals surface area contributed by atoms with E-state index < -0.39 is 0 Å². The van der Waals surface area contributed by atoms with Gasteiger partial charge in [0.05, 0.1) is 19.4 Å². The molecule has 0 amide bonds. The van der Waals surface area contributed by atoms with Crippen LogP contribution in [0, 0.1) is 0 Å². The molecule has 0 saturated carbocycles. The van der Waals surface area contributed by atoms with Gasteiger partial charge in [0, 0.05) is 13.1 Å². The van der Waals surface area contributed by atoms with Crippen LogP contribution in [-0.4, -0.2) is 39.9 Å². The molecule has 2 heterocycles. The molecule has 0 atom stereocenters. The second-order valence-electron chi connectivity index (χ2n) is 3.73. The van der Waals surface area contributed by atoms with Gasteiger partial charge in [-0.3, -0.25) is 4.90 Å². The smallest absolute Gasteiger partial charge is 0.283 e. The Balaban J connectivity index is 2.03. The van der Waals surface area contributed by atoms with Crippen molar-refractivity contribution in [2.24, 2.45) is 0 Å². The highest BCUT2D eigenvalue weighted by Crippen LogP contribution is 2.18. The molecule has 18 heavy (non-hydrogen) atoms. The lowest BCUT2D eigenvalue weighted by atomic mass is 10.4. The number of rotatable bonds is 7. The van der Waals surface area contributed by atoms with E-state index in [1.165, 1.54) is 0 Å². The third-order valence-corrected chi connectivity index (χ3v) is 2.36. The summed E-state index contributed by atoms with van der Waals surface area (Å²) in [7, 11) is 0. The second-order valence-corrected chi connectivity index (χ2v) is 3.73. The van der Waals surface area contributed by atoms with Gasteiger partial charge in [-0.1, -0.05) is 6.08 Å². The highest BCUT2D eigenvalue weighted by Gasteiger charge is 2.13. The highest BCUT2D eigenvalue weighted by atomic mass is 16.4. The maximum absolute atomic E-state index is 8.94. The van der Waals surface area contributed by atoms with Crippen LogP contribution < -0.4 is 0 Å². The van der Waals surface area contributed by atoms with E-state index in [1.807, 2.05) is 4.90 Å². The summed E-state index contributed by atoms with van der Waals surface area (Å²) in [4.78, 5) is 1.95. The Morgan fingerprint density at radius 1 is 1.44 bits per heavy atom. The van der Waals surface area contributed by atoms with Crippen molar-refractivity contribution in [3.63, 3.8) is 0 Å². The van der Waals surface area contributed by atoms with Crippen LogP contribution in [0.1, 0.15) is 5.89 Å². The molecule has 0 aliphatic heterocycles. The minimum atomic E-state index is 0.0764. The predicted octanol–water partition coefficient (Wildman–Crippen LogP) is 1.31. The molecule has 0 aromatic carbocycles. The summed E-state index contributed by atoms with van der Waals surface area (Å²) < 4.78 is 10.6. The lowest BCUT2D eigenvalue weighted by Gasteiger charge is -2.16.